The monoisotopic (exact) mass is 243 g/mol. The molecule has 0 aromatic carbocycles. The first-order chi connectivity index (χ1) is 7.90. The van der Waals surface area contributed by atoms with Crippen molar-refractivity contribution in [2.45, 2.75) is 32.4 Å². The van der Waals surface area contributed by atoms with E-state index in [0.29, 0.717) is 0 Å². The molecular weight excluding hydrogens is 222 g/mol. The summed E-state index contributed by atoms with van der Waals surface area (Å²) >= 11 is 0. The second-order valence-electron chi connectivity index (χ2n) is 4.93. The van der Waals surface area contributed by atoms with Crippen LogP contribution in [-0.2, 0) is 4.79 Å². The van der Waals surface area contributed by atoms with E-state index < -0.39 is 18.0 Å². The third-order valence-electron chi connectivity index (χ3n) is 2.95. The normalized spacial score (nSPS) is 22.5. The lowest BCUT2D eigenvalue weighted by molar-refractivity contribution is -0.140. The second-order valence-corrected chi connectivity index (χ2v) is 4.93. The van der Waals surface area contributed by atoms with E-state index in [0.717, 1.165) is 19.5 Å². The van der Waals surface area contributed by atoms with Gasteiger partial charge in [0, 0.05) is 12.6 Å². The molecule has 0 aliphatic carbocycles. The van der Waals surface area contributed by atoms with Crippen molar-refractivity contribution in [2.75, 3.05) is 20.1 Å². The topological polar surface area (TPSA) is 81.7 Å². The van der Waals surface area contributed by atoms with E-state index in [-0.39, 0.29) is 12.0 Å². The fourth-order valence-corrected chi connectivity index (χ4v) is 1.93. The maximum Gasteiger partial charge on any atom is 0.326 e. The number of rotatable bonds is 4. The Morgan fingerprint density at radius 1 is 1.41 bits per heavy atom. The van der Waals surface area contributed by atoms with Crippen LogP contribution in [0, 0.1) is 5.92 Å². The van der Waals surface area contributed by atoms with Gasteiger partial charge in [-0.1, -0.05) is 13.8 Å². The number of nitrogens with one attached hydrogen (secondary N) is 2. The summed E-state index contributed by atoms with van der Waals surface area (Å²) in [5.74, 6) is -1.14. The fraction of sp³-hybridized carbons (Fsp3) is 0.818. The summed E-state index contributed by atoms with van der Waals surface area (Å²) in [7, 11) is 1.99. The van der Waals surface area contributed by atoms with Crippen LogP contribution in [0.3, 0.4) is 0 Å². The van der Waals surface area contributed by atoms with Crippen molar-refractivity contribution < 1.29 is 14.7 Å². The Morgan fingerprint density at radius 2 is 2.06 bits per heavy atom. The summed E-state index contributed by atoms with van der Waals surface area (Å²) in [5, 5.41) is 14.2. The highest BCUT2D eigenvalue weighted by atomic mass is 16.4. The van der Waals surface area contributed by atoms with Gasteiger partial charge in [0.25, 0.3) is 0 Å². The predicted molar refractivity (Wildman–Crippen MR) is 63.8 cm³/mol. The molecule has 3 N–H and O–H groups in total. The smallest absolute Gasteiger partial charge is 0.326 e. The Bertz CT molecular complexity index is 294. The molecule has 6 nitrogen and oxygen atoms in total. The van der Waals surface area contributed by atoms with Crippen molar-refractivity contribution in [1.29, 1.82) is 0 Å². The van der Waals surface area contributed by atoms with Gasteiger partial charge < -0.3 is 20.6 Å². The highest BCUT2D eigenvalue weighted by Gasteiger charge is 2.26. The van der Waals surface area contributed by atoms with Crippen LogP contribution in [0.2, 0.25) is 0 Å². The van der Waals surface area contributed by atoms with E-state index >= 15 is 0 Å². The first kappa shape index (κ1) is 13.8. The maximum absolute atomic E-state index is 11.6. The van der Waals surface area contributed by atoms with Gasteiger partial charge in [-0.25, -0.2) is 9.59 Å². The minimum atomic E-state index is -1.00. The van der Waals surface area contributed by atoms with Crippen molar-refractivity contribution in [3.05, 3.63) is 0 Å². The average Bonchev–Trinajstić information content (AvgIpc) is 2.59. The highest BCUT2D eigenvalue weighted by molar-refractivity contribution is 5.82. The van der Waals surface area contributed by atoms with E-state index in [1.54, 1.807) is 13.8 Å². The number of likely N-dealkylation sites (N-methyl/N-ethyl adjacent to an activating group) is 1. The minimum absolute atomic E-state index is 0.113. The van der Waals surface area contributed by atoms with E-state index in [1.807, 2.05) is 7.05 Å². The van der Waals surface area contributed by atoms with Crippen molar-refractivity contribution in [1.82, 2.24) is 15.5 Å². The quantitative estimate of drug-likeness (QED) is 0.654. The van der Waals surface area contributed by atoms with Gasteiger partial charge in [-0.05, 0) is 25.9 Å². The molecule has 0 aromatic rings. The van der Waals surface area contributed by atoms with Gasteiger partial charge in [0.2, 0.25) is 0 Å². The molecule has 1 rings (SSSR count). The largest absolute Gasteiger partial charge is 0.480 e. The Labute approximate surface area is 101 Å². The molecule has 6 heteroatoms. The molecule has 2 atom stereocenters. The lowest BCUT2D eigenvalue weighted by Gasteiger charge is -2.20. The van der Waals surface area contributed by atoms with Gasteiger partial charge >= 0.3 is 12.0 Å². The first-order valence-corrected chi connectivity index (χ1v) is 5.88. The van der Waals surface area contributed by atoms with Gasteiger partial charge in [-0.3, -0.25) is 0 Å². The molecule has 1 heterocycles. The Kier molecular flexibility index (Phi) is 4.74. The summed E-state index contributed by atoms with van der Waals surface area (Å²) in [6, 6.07) is -1.12. The average molecular weight is 243 g/mol. The molecule has 98 valence electrons. The zero-order chi connectivity index (χ0) is 13.0. The van der Waals surface area contributed by atoms with E-state index in [2.05, 4.69) is 15.5 Å². The molecule has 0 bridgehead atoms. The number of aliphatic carboxylic acids is 1. The van der Waals surface area contributed by atoms with Crippen molar-refractivity contribution in [3.8, 4) is 0 Å². The molecule has 17 heavy (non-hydrogen) atoms. The number of amides is 2. The highest BCUT2D eigenvalue weighted by Crippen LogP contribution is 2.06. The van der Waals surface area contributed by atoms with E-state index in [9.17, 15) is 9.59 Å². The van der Waals surface area contributed by atoms with Crippen molar-refractivity contribution in [3.63, 3.8) is 0 Å². The van der Waals surface area contributed by atoms with Gasteiger partial charge in [0.1, 0.15) is 6.04 Å². The molecule has 1 aliphatic rings. The molecule has 1 aliphatic heterocycles. The van der Waals surface area contributed by atoms with E-state index in [1.165, 1.54) is 0 Å². The number of carboxylic acids is 1. The van der Waals surface area contributed by atoms with Crippen LogP contribution in [0.1, 0.15) is 20.3 Å². The third kappa shape index (κ3) is 4.22. The van der Waals surface area contributed by atoms with Crippen molar-refractivity contribution >= 4 is 12.0 Å². The molecule has 2 amide bonds. The number of likely N-dealkylation sites (tertiary alicyclic amines) is 1. The van der Waals surface area contributed by atoms with Gasteiger partial charge in [-0.15, -0.1) is 0 Å². The Hall–Kier alpha value is -1.30. The van der Waals surface area contributed by atoms with Crippen LogP contribution in [0.15, 0.2) is 0 Å². The van der Waals surface area contributed by atoms with Gasteiger partial charge in [-0.2, -0.15) is 0 Å². The van der Waals surface area contributed by atoms with Crippen LogP contribution in [-0.4, -0.2) is 54.2 Å². The number of nitrogens with zero attached hydrogens (tertiary/aromatic N) is 1. The fourth-order valence-electron chi connectivity index (χ4n) is 1.93. The number of hydrogen-bond donors (Lipinski definition) is 3. The maximum atomic E-state index is 11.6. The van der Waals surface area contributed by atoms with Crippen LogP contribution in [0.5, 0.6) is 0 Å². The summed E-state index contributed by atoms with van der Waals surface area (Å²) in [4.78, 5) is 24.7. The Morgan fingerprint density at radius 3 is 2.47 bits per heavy atom. The lowest BCUT2D eigenvalue weighted by atomic mass is 10.1. The number of carbonyl (C=O) groups excluding carboxylic acids is 1. The number of carboxylic acid groups (broad SMARTS) is 1. The number of hydrogen-bond acceptors (Lipinski definition) is 3. The molecule has 0 spiro atoms. The third-order valence-corrected chi connectivity index (χ3v) is 2.95. The zero-order valence-electron chi connectivity index (χ0n) is 10.6. The van der Waals surface area contributed by atoms with Gasteiger partial charge in [0.05, 0.1) is 0 Å². The lowest BCUT2D eigenvalue weighted by Crippen LogP contribution is -2.51. The summed E-state index contributed by atoms with van der Waals surface area (Å²) in [6.07, 6.45) is 0.906. The Balaban J connectivity index is 2.40. The van der Waals surface area contributed by atoms with Crippen LogP contribution in [0.25, 0.3) is 0 Å². The number of carbonyl (C=O) groups is 2. The van der Waals surface area contributed by atoms with Gasteiger partial charge in [0.15, 0.2) is 0 Å². The van der Waals surface area contributed by atoms with Crippen LogP contribution in [0.4, 0.5) is 4.79 Å². The van der Waals surface area contributed by atoms with Crippen molar-refractivity contribution in [2.24, 2.45) is 5.92 Å². The molecule has 0 saturated carbocycles. The first-order valence-electron chi connectivity index (χ1n) is 5.88. The summed E-state index contributed by atoms with van der Waals surface area (Å²) in [5.41, 5.74) is 0. The minimum Gasteiger partial charge on any atom is -0.480 e. The zero-order valence-corrected chi connectivity index (χ0v) is 10.6. The van der Waals surface area contributed by atoms with E-state index in [4.69, 9.17) is 5.11 Å². The molecule has 1 fully saturated rings. The molecule has 0 aromatic heterocycles. The van der Waals surface area contributed by atoms with Crippen LogP contribution >= 0.6 is 0 Å². The molecular formula is C11H21N3O3. The molecule has 2 unspecified atom stereocenters. The summed E-state index contributed by atoms with van der Waals surface area (Å²) < 4.78 is 0. The SMILES string of the molecule is CC(C)C(NC(=O)NC1CCN(C)C1)C(=O)O. The molecule has 1 saturated heterocycles. The number of urea groups is 1. The molecule has 0 radical (unpaired) electrons. The van der Waals surface area contributed by atoms with Crippen LogP contribution < -0.4 is 10.6 Å². The second kappa shape index (κ2) is 5.86. The predicted octanol–water partition coefficient (Wildman–Crippen LogP) is 0.0989. The standard InChI is InChI=1S/C11H21N3O3/c1-7(2)9(10(15)16)13-11(17)12-8-4-5-14(3)6-8/h7-9H,4-6H2,1-3H3,(H,15,16)(H2,12,13,17). The summed E-state index contributed by atoms with van der Waals surface area (Å²) in [6.45, 7) is 5.30.